The highest BCUT2D eigenvalue weighted by molar-refractivity contribution is 7.19. The van der Waals surface area contributed by atoms with Gasteiger partial charge in [-0.25, -0.2) is 9.97 Å². The van der Waals surface area contributed by atoms with Gasteiger partial charge in [-0.15, -0.1) is 11.3 Å². The number of nitrogens with one attached hydrogen (secondary N) is 2. The number of aliphatic hydroxyl groups is 1. The quantitative estimate of drug-likeness (QED) is 0.595. The number of aryl methyl sites for hydroxylation is 1. The van der Waals surface area contributed by atoms with E-state index in [4.69, 9.17) is 0 Å². The van der Waals surface area contributed by atoms with Crippen LogP contribution in [0.4, 0.5) is 5.82 Å². The lowest BCUT2D eigenvalue weighted by Gasteiger charge is -2.10. The van der Waals surface area contributed by atoms with Crippen molar-refractivity contribution < 1.29 is 9.90 Å². The van der Waals surface area contributed by atoms with Crippen molar-refractivity contribution in [1.29, 1.82) is 0 Å². The number of rotatable bonds is 7. The van der Waals surface area contributed by atoms with Crippen molar-refractivity contribution in [3.63, 3.8) is 0 Å². The van der Waals surface area contributed by atoms with Gasteiger partial charge >= 0.3 is 0 Å². The highest BCUT2D eigenvalue weighted by Crippen LogP contribution is 2.40. The van der Waals surface area contributed by atoms with E-state index in [1.165, 1.54) is 4.88 Å². The number of aliphatic hydroxyl groups excluding tert-OH is 1. The van der Waals surface area contributed by atoms with Gasteiger partial charge in [0.25, 0.3) is 0 Å². The third-order valence-corrected chi connectivity index (χ3v) is 4.98. The van der Waals surface area contributed by atoms with Crippen LogP contribution >= 0.6 is 11.3 Å². The fraction of sp³-hybridized carbons (Fsp3) is 0.316. The van der Waals surface area contributed by atoms with Crippen molar-refractivity contribution >= 4 is 33.3 Å². The van der Waals surface area contributed by atoms with Gasteiger partial charge in [-0.1, -0.05) is 30.3 Å². The van der Waals surface area contributed by atoms with Gasteiger partial charge < -0.3 is 15.7 Å². The number of aromatic nitrogens is 2. The molecule has 2 heterocycles. The Labute approximate surface area is 156 Å². The van der Waals surface area contributed by atoms with Crippen molar-refractivity contribution in [3.05, 3.63) is 41.5 Å². The Morgan fingerprint density at radius 2 is 2.04 bits per heavy atom. The van der Waals surface area contributed by atoms with Gasteiger partial charge in [-0.05, 0) is 19.4 Å². The second-order valence-corrected chi connectivity index (χ2v) is 7.33. The fourth-order valence-corrected chi connectivity index (χ4v) is 3.79. The summed E-state index contributed by atoms with van der Waals surface area (Å²) in [5.41, 5.74) is 2.26. The van der Waals surface area contributed by atoms with E-state index in [9.17, 15) is 9.90 Å². The zero-order chi connectivity index (χ0) is 18.5. The Morgan fingerprint density at radius 1 is 1.27 bits per heavy atom. The molecular formula is C19H22N4O2S. The first-order chi connectivity index (χ1) is 12.6. The van der Waals surface area contributed by atoms with Crippen LogP contribution in [0.25, 0.3) is 21.3 Å². The molecule has 0 saturated carbocycles. The third kappa shape index (κ3) is 4.17. The average Bonchev–Trinajstić information content (AvgIpc) is 2.97. The summed E-state index contributed by atoms with van der Waals surface area (Å²) in [6, 6.07) is 10.2. The highest BCUT2D eigenvalue weighted by Gasteiger charge is 2.16. The summed E-state index contributed by atoms with van der Waals surface area (Å²) in [5, 5.41) is 16.2. The number of thiophene rings is 1. The van der Waals surface area contributed by atoms with Gasteiger partial charge in [0.05, 0.1) is 11.5 Å². The minimum Gasteiger partial charge on any atom is -0.392 e. The van der Waals surface area contributed by atoms with Crippen LogP contribution in [-0.2, 0) is 4.79 Å². The number of anilines is 1. The predicted octanol–water partition coefficient (Wildman–Crippen LogP) is 2.97. The molecule has 6 nitrogen and oxygen atoms in total. The summed E-state index contributed by atoms with van der Waals surface area (Å²) in [4.78, 5) is 22.7. The van der Waals surface area contributed by atoms with Crippen LogP contribution in [0, 0.1) is 6.92 Å². The summed E-state index contributed by atoms with van der Waals surface area (Å²) in [6.45, 7) is 4.45. The van der Waals surface area contributed by atoms with Gasteiger partial charge in [0.15, 0.2) is 0 Å². The zero-order valence-corrected chi connectivity index (χ0v) is 15.6. The largest absolute Gasteiger partial charge is 0.392 e. The van der Waals surface area contributed by atoms with Crippen LogP contribution < -0.4 is 10.6 Å². The van der Waals surface area contributed by atoms with Crippen LogP contribution in [0.5, 0.6) is 0 Å². The molecule has 3 rings (SSSR count). The smallest absolute Gasteiger partial charge is 0.221 e. The summed E-state index contributed by atoms with van der Waals surface area (Å²) in [6.07, 6.45) is 1.31. The number of fused-ring (bicyclic) bond motifs is 1. The number of nitrogens with zero attached hydrogens (tertiary/aromatic N) is 2. The molecule has 0 aliphatic rings. The van der Waals surface area contributed by atoms with Crippen LogP contribution in [0.15, 0.2) is 36.7 Å². The van der Waals surface area contributed by atoms with E-state index < -0.39 is 6.10 Å². The first-order valence-corrected chi connectivity index (χ1v) is 9.36. The molecule has 1 atom stereocenters. The maximum absolute atomic E-state index is 11.8. The first-order valence-electron chi connectivity index (χ1n) is 8.54. The Balaban J connectivity index is 1.80. The number of benzene rings is 1. The molecule has 0 aliphatic carbocycles. The molecule has 0 aliphatic heterocycles. The molecule has 1 amide bonds. The number of carbonyl (C=O) groups is 1. The Hall–Kier alpha value is -2.51. The molecule has 7 heteroatoms. The molecule has 26 heavy (non-hydrogen) atoms. The molecule has 1 aromatic carbocycles. The minimum absolute atomic E-state index is 0.103. The van der Waals surface area contributed by atoms with Gasteiger partial charge in [0, 0.05) is 30.0 Å². The van der Waals surface area contributed by atoms with E-state index >= 15 is 0 Å². The SMILES string of the molecule is Cc1sc2ncnc(NCCC(=O)NCC(C)O)c2c1-c1ccccc1. The molecule has 0 fully saturated rings. The maximum Gasteiger partial charge on any atom is 0.221 e. The lowest BCUT2D eigenvalue weighted by Crippen LogP contribution is -2.31. The minimum atomic E-state index is -0.546. The van der Waals surface area contributed by atoms with E-state index in [1.54, 1.807) is 24.6 Å². The first kappa shape index (κ1) is 18.3. The van der Waals surface area contributed by atoms with E-state index in [-0.39, 0.29) is 12.5 Å². The lowest BCUT2D eigenvalue weighted by atomic mass is 10.0. The fourth-order valence-electron chi connectivity index (χ4n) is 2.78. The standard InChI is InChI=1S/C19H22N4O2S/c1-12(24)10-21-15(25)8-9-20-18-17-16(14-6-4-3-5-7-14)13(2)26-19(17)23-11-22-18/h3-7,11-12,24H,8-10H2,1-2H3,(H,21,25)(H,20,22,23). The Kier molecular flexibility index (Phi) is 5.80. The molecule has 0 saturated heterocycles. The summed E-state index contributed by atoms with van der Waals surface area (Å²) in [7, 11) is 0. The molecule has 0 spiro atoms. The van der Waals surface area contributed by atoms with E-state index in [1.807, 2.05) is 18.2 Å². The van der Waals surface area contributed by atoms with Crippen LogP contribution in [0.1, 0.15) is 18.2 Å². The van der Waals surface area contributed by atoms with Crippen LogP contribution in [-0.4, -0.2) is 40.2 Å². The molecule has 136 valence electrons. The summed E-state index contributed by atoms with van der Waals surface area (Å²) >= 11 is 1.64. The average molecular weight is 370 g/mol. The van der Waals surface area contributed by atoms with Gasteiger partial charge in [-0.2, -0.15) is 0 Å². The third-order valence-electron chi connectivity index (χ3n) is 3.97. The predicted molar refractivity (Wildman–Crippen MR) is 105 cm³/mol. The lowest BCUT2D eigenvalue weighted by molar-refractivity contribution is -0.121. The monoisotopic (exact) mass is 370 g/mol. The van der Waals surface area contributed by atoms with Crippen molar-refractivity contribution in [1.82, 2.24) is 15.3 Å². The Morgan fingerprint density at radius 3 is 2.77 bits per heavy atom. The molecule has 3 N–H and O–H groups in total. The summed E-state index contributed by atoms with van der Waals surface area (Å²) < 4.78 is 0. The normalized spacial score (nSPS) is 12.1. The topological polar surface area (TPSA) is 87.1 Å². The molecule has 0 bridgehead atoms. The van der Waals surface area contributed by atoms with E-state index in [0.29, 0.717) is 13.0 Å². The number of carbonyl (C=O) groups excluding carboxylic acids is 1. The van der Waals surface area contributed by atoms with Crippen LogP contribution in [0.2, 0.25) is 0 Å². The number of hydrogen-bond donors (Lipinski definition) is 3. The maximum atomic E-state index is 11.8. The second kappa shape index (κ2) is 8.25. The Bertz CT molecular complexity index is 893. The van der Waals surface area contributed by atoms with Crippen molar-refractivity contribution in [2.24, 2.45) is 0 Å². The van der Waals surface area contributed by atoms with Crippen molar-refractivity contribution in [3.8, 4) is 11.1 Å². The summed E-state index contributed by atoms with van der Waals surface area (Å²) in [5.74, 6) is 0.634. The molecule has 3 aromatic rings. The van der Waals surface area contributed by atoms with Gasteiger partial charge in [0.2, 0.25) is 5.91 Å². The molecule has 1 unspecified atom stereocenters. The van der Waals surface area contributed by atoms with Crippen molar-refractivity contribution in [2.75, 3.05) is 18.4 Å². The van der Waals surface area contributed by atoms with Gasteiger partial charge in [0.1, 0.15) is 17.0 Å². The van der Waals surface area contributed by atoms with E-state index in [0.717, 1.165) is 27.2 Å². The molecule has 0 radical (unpaired) electrons. The number of hydrogen-bond acceptors (Lipinski definition) is 6. The van der Waals surface area contributed by atoms with E-state index in [2.05, 4.69) is 39.7 Å². The van der Waals surface area contributed by atoms with Gasteiger partial charge in [-0.3, -0.25) is 4.79 Å². The highest BCUT2D eigenvalue weighted by atomic mass is 32.1. The molecule has 2 aromatic heterocycles. The van der Waals surface area contributed by atoms with Crippen molar-refractivity contribution in [2.45, 2.75) is 26.4 Å². The zero-order valence-electron chi connectivity index (χ0n) is 14.8. The molecular weight excluding hydrogens is 348 g/mol. The number of amides is 1. The van der Waals surface area contributed by atoms with Crippen LogP contribution in [0.3, 0.4) is 0 Å². The second-order valence-electron chi connectivity index (χ2n) is 6.13.